The average molecular weight is 268 g/mol. The Morgan fingerprint density at radius 3 is 2.37 bits per heavy atom. The first kappa shape index (κ1) is 15.5. The molecule has 1 saturated carbocycles. The van der Waals surface area contributed by atoms with E-state index in [4.69, 9.17) is 0 Å². The van der Waals surface area contributed by atoms with Crippen LogP contribution in [0.4, 0.5) is 4.79 Å². The maximum Gasteiger partial charge on any atom is 0.315 e. The first-order chi connectivity index (χ1) is 8.85. The molecule has 5 heteroatoms. The molecule has 0 aromatic carbocycles. The van der Waals surface area contributed by atoms with E-state index < -0.39 is 11.4 Å². The van der Waals surface area contributed by atoms with Crippen molar-refractivity contribution in [3.05, 3.63) is 12.2 Å². The molecule has 3 N–H and O–H groups in total. The van der Waals surface area contributed by atoms with Gasteiger partial charge in [0, 0.05) is 13.1 Å². The third-order valence-electron chi connectivity index (χ3n) is 3.82. The molecule has 0 atom stereocenters. The fraction of sp³-hybridized carbons (Fsp3) is 0.714. The molecule has 0 radical (unpaired) electrons. The Bertz CT molecular complexity index is 358. The molecule has 0 aromatic rings. The van der Waals surface area contributed by atoms with Gasteiger partial charge in [-0.25, -0.2) is 4.79 Å². The zero-order valence-corrected chi connectivity index (χ0v) is 11.8. The van der Waals surface area contributed by atoms with Crippen molar-refractivity contribution in [2.45, 2.75) is 39.5 Å². The summed E-state index contributed by atoms with van der Waals surface area (Å²) in [5.74, 6) is -0.232. The van der Waals surface area contributed by atoms with Crippen molar-refractivity contribution in [3.63, 3.8) is 0 Å². The maximum absolute atomic E-state index is 11.6. The highest BCUT2D eigenvalue weighted by Gasteiger charge is 2.41. The summed E-state index contributed by atoms with van der Waals surface area (Å²) in [7, 11) is 0. The van der Waals surface area contributed by atoms with Gasteiger partial charge in [0.2, 0.25) is 0 Å². The van der Waals surface area contributed by atoms with Crippen LogP contribution in [0.25, 0.3) is 0 Å². The lowest BCUT2D eigenvalue weighted by Gasteiger charge is -2.35. The second-order valence-corrected chi connectivity index (χ2v) is 5.76. The zero-order chi connectivity index (χ0) is 14.5. The van der Waals surface area contributed by atoms with Crippen LogP contribution in [0.2, 0.25) is 0 Å². The number of aliphatic carboxylic acids is 1. The monoisotopic (exact) mass is 268 g/mol. The summed E-state index contributed by atoms with van der Waals surface area (Å²) in [6.45, 7) is 8.25. The second kappa shape index (κ2) is 6.59. The predicted molar refractivity (Wildman–Crippen MR) is 73.9 cm³/mol. The van der Waals surface area contributed by atoms with Crippen molar-refractivity contribution >= 4 is 12.0 Å². The fourth-order valence-electron chi connectivity index (χ4n) is 2.32. The summed E-state index contributed by atoms with van der Waals surface area (Å²) in [6.07, 6.45) is 3.07. The van der Waals surface area contributed by atoms with Crippen molar-refractivity contribution in [2.75, 3.05) is 13.1 Å². The van der Waals surface area contributed by atoms with Gasteiger partial charge >= 0.3 is 12.0 Å². The van der Waals surface area contributed by atoms with Crippen LogP contribution < -0.4 is 10.6 Å². The van der Waals surface area contributed by atoms with Crippen molar-refractivity contribution in [3.8, 4) is 0 Å². The van der Waals surface area contributed by atoms with Crippen molar-refractivity contribution in [1.29, 1.82) is 0 Å². The number of hydrogen-bond acceptors (Lipinski definition) is 2. The van der Waals surface area contributed by atoms with Crippen LogP contribution in [0.3, 0.4) is 0 Å². The Hall–Kier alpha value is -1.52. The summed E-state index contributed by atoms with van der Waals surface area (Å²) in [5, 5.41) is 14.7. The molecule has 0 aliphatic heterocycles. The quantitative estimate of drug-likeness (QED) is 0.668. The third-order valence-corrected chi connectivity index (χ3v) is 3.82. The number of carbonyl (C=O) groups excluding carboxylic acids is 1. The van der Waals surface area contributed by atoms with Crippen molar-refractivity contribution < 1.29 is 14.7 Å². The van der Waals surface area contributed by atoms with E-state index in [0.717, 1.165) is 18.4 Å². The van der Waals surface area contributed by atoms with Crippen molar-refractivity contribution in [2.24, 2.45) is 11.3 Å². The van der Waals surface area contributed by atoms with Crippen LogP contribution in [0.1, 0.15) is 39.5 Å². The van der Waals surface area contributed by atoms with Gasteiger partial charge in [-0.05, 0) is 38.5 Å². The smallest absolute Gasteiger partial charge is 0.315 e. The minimum Gasteiger partial charge on any atom is -0.481 e. The van der Waals surface area contributed by atoms with E-state index >= 15 is 0 Å². The fourth-order valence-corrected chi connectivity index (χ4v) is 2.32. The molecule has 0 saturated heterocycles. The maximum atomic E-state index is 11.6. The van der Waals surface area contributed by atoms with Crippen LogP contribution >= 0.6 is 0 Å². The van der Waals surface area contributed by atoms with Gasteiger partial charge in [-0.3, -0.25) is 4.79 Å². The second-order valence-electron chi connectivity index (χ2n) is 5.76. The number of rotatable bonds is 5. The molecule has 0 aromatic heterocycles. The largest absolute Gasteiger partial charge is 0.481 e. The molecule has 0 spiro atoms. The van der Waals surface area contributed by atoms with Gasteiger partial charge in [-0.2, -0.15) is 0 Å². The van der Waals surface area contributed by atoms with Crippen LogP contribution in [0, 0.1) is 11.3 Å². The topological polar surface area (TPSA) is 78.4 Å². The van der Waals surface area contributed by atoms with Crippen LogP contribution in [0.5, 0.6) is 0 Å². The van der Waals surface area contributed by atoms with Gasteiger partial charge in [0.25, 0.3) is 0 Å². The first-order valence-corrected chi connectivity index (χ1v) is 6.75. The van der Waals surface area contributed by atoms with E-state index in [9.17, 15) is 14.7 Å². The van der Waals surface area contributed by atoms with Gasteiger partial charge in [0.05, 0.1) is 5.41 Å². The number of carboxylic acid groups (broad SMARTS) is 1. The molecular formula is C14H24N2O3. The molecular weight excluding hydrogens is 244 g/mol. The highest BCUT2D eigenvalue weighted by molar-refractivity contribution is 5.78. The Morgan fingerprint density at radius 1 is 1.32 bits per heavy atom. The summed E-state index contributed by atoms with van der Waals surface area (Å²) in [5.41, 5.74) is 0.0576. The van der Waals surface area contributed by atoms with Gasteiger partial charge < -0.3 is 15.7 Å². The Labute approximate surface area is 114 Å². The SMILES string of the molecule is C=C(C)CNC(=O)NCC1(C(=O)O)CCC(C)CC1. The number of urea groups is 1. The summed E-state index contributed by atoms with van der Waals surface area (Å²) < 4.78 is 0. The summed E-state index contributed by atoms with van der Waals surface area (Å²) in [4.78, 5) is 23.0. The molecule has 19 heavy (non-hydrogen) atoms. The summed E-state index contributed by atoms with van der Waals surface area (Å²) >= 11 is 0. The number of carbonyl (C=O) groups is 2. The minimum atomic E-state index is -0.806. The Balaban J connectivity index is 2.49. The Kier molecular flexibility index (Phi) is 5.39. The molecule has 1 aliphatic carbocycles. The van der Waals surface area contributed by atoms with Gasteiger partial charge in [0.1, 0.15) is 0 Å². The molecule has 0 heterocycles. The number of nitrogens with one attached hydrogen (secondary N) is 2. The minimum absolute atomic E-state index is 0.192. The number of amides is 2. The van der Waals surface area contributed by atoms with Gasteiger partial charge in [0.15, 0.2) is 0 Å². The third kappa shape index (κ3) is 4.58. The molecule has 2 amide bonds. The van der Waals surface area contributed by atoms with E-state index in [1.165, 1.54) is 0 Å². The molecule has 1 fully saturated rings. The molecule has 108 valence electrons. The van der Waals surface area contributed by atoms with E-state index in [0.29, 0.717) is 25.3 Å². The lowest BCUT2D eigenvalue weighted by Crippen LogP contribution is -2.48. The molecule has 5 nitrogen and oxygen atoms in total. The highest BCUT2D eigenvalue weighted by Crippen LogP contribution is 2.38. The van der Waals surface area contributed by atoms with E-state index in [1.54, 1.807) is 0 Å². The van der Waals surface area contributed by atoms with Crippen molar-refractivity contribution in [1.82, 2.24) is 10.6 Å². The average Bonchev–Trinajstić information content (AvgIpc) is 2.35. The predicted octanol–water partition coefficient (Wildman–Crippen LogP) is 2.14. The highest BCUT2D eigenvalue weighted by atomic mass is 16.4. The standard InChI is InChI=1S/C14H24N2O3/c1-10(2)8-15-13(19)16-9-14(12(17)18)6-4-11(3)5-7-14/h11H,1,4-9H2,2-3H3,(H,17,18)(H2,15,16,19). The first-order valence-electron chi connectivity index (χ1n) is 6.75. The number of hydrogen-bond donors (Lipinski definition) is 3. The van der Waals surface area contributed by atoms with Gasteiger partial charge in [-0.1, -0.05) is 19.1 Å². The zero-order valence-electron chi connectivity index (χ0n) is 11.8. The normalized spacial score (nSPS) is 26.5. The lowest BCUT2D eigenvalue weighted by molar-refractivity contribution is -0.151. The molecule has 1 aliphatic rings. The van der Waals surface area contributed by atoms with Crippen LogP contribution in [0.15, 0.2) is 12.2 Å². The molecule has 0 unspecified atom stereocenters. The number of carboxylic acids is 1. The lowest BCUT2D eigenvalue weighted by atomic mass is 9.71. The van der Waals surface area contributed by atoms with Crippen LogP contribution in [-0.2, 0) is 4.79 Å². The summed E-state index contributed by atoms with van der Waals surface area (Å²) in [6, 6.07) is -0.331. The molecule has 1 rings (SSSR count). The van der Waals surface area contributed by atoms with Crippen LogP contribution in [-0.4, -0.2) is 30.2 Å². The van der Waals surface area contributed by atoms with E-state index in [-0.39, 0.29) is 12.6 Å². The van der Waals surface area contributed by atoms with Gasteiger partial charge in [-0.15, -0.1) is 0 Å². The van der Waals surface area contributed by atoms with E-state index in [2.05, 4.69) is 24.1 Å². The Morgan fingerprint density at radius 2 is 1.89 bits per heavy atom. The molecule has 0 bridgehead atoms. The van der Waals surface area contributed by atoms with E-state index in [1.807, 2.05) is 6.92 Å².